The molecule has 122 valence electrons. The fourth-order valence-corrected chi connectivity index (χ4v) is 3.79. The van der Waals surface area contributed by atoms with Gasteiger partial charge in [-0.15, -0.1) is 0 Å². The van der Waals surface area contributed by atoms with Gasteiger partial charge in [0.05, 0.1) is 18.4 Å². The highest BCUT2D eigenvalue weighted by Gasteiger charge is 2.23. The molecule has 0 N–H and O–H groups in total. The third kappa shape index (κ3) is 3.26. The van der Waals surface area contributed by atoms with Gasteiger partial charge in [-0.25, -0.2) is 4.98 Å². The number of ether oxygens (including phenoxy) is 1. The number of aryl methyl sites for hydroxylation is 1. The first-order valence-corrected chi connectivity index (χ1v) is 8.79. The van der Waals surface area contributed by atoms with Gasteiger partial charge in [-0.1, -0.05) is 11.8 Å². The average Bonchev–Trinajstić information content (AvgIpc) is 2.65. The van der Waals surface area contributed by atoms with Crippen LogP contribution in [-0.2, 0) is 22.4 Å². The maximum absolute atomic E-state index is 11.5. The van der Waals surface area contributed by atoms with Crippen LogP contribution in [0.1, 0.15) is 29.7 Å². The number of carbonyl (C=O) groups excluding carboxylic acids is 1. The molecule has 0 atom stereocenters. The molecule has 0 aromatic carbocycles. The lowest BCUT2D eigenvalue weighted by atomic mass is 9.87. The molecule has 0 saturated carbocycles. The molecule has 6 heteroatoms. The molecule has 0 fully saturated rings. The van der Waals surface area contributed by atoms with Gasteiger partial charge in [-0.05, 0) is 48.9 Å². The van der Waals surface area contributed by atoms with E-state index in [1.807, 2.05) is 12.1 Å². The topological polar surface area (TPSA) is 75.9 Å². The van der Waals surface area contributed by atoms with Crippen LogP contribution in [0.25, 0.3) is 11.1 Å². The maximum atomic E-state index is 11.5. The monoisotopic (exact) mass is 339 g/mol. The van der Waals surface area contributed by atoms with Crippen LogP contribution in [0, 0.1) is 11.3 Å². The molecular formula is C18H17N3O2S. The number of methoxy groups -OCH3 is 1. The second-order valence-corrected chi connectivity index (χ2v) is 6.48. The summed E-state index contributed by atoms with van der Waals surface area (Å²) in [5.41, 5.74) is 4.65. The van der Waals surface area contributed by atoms with Crippen molar-refractivity contribution in [2.24, 2.45) is 0 Å². The zero-order valence-electron chi connectivity index (χ0n) is 13.4. The fourth-order valence-electron chi connectivity index (χ4n) is 2.95. The van der Waals surface area contributed by atoms with Crippen LogP contribution >= 0.6 is 11.8 Å². The Morgan fingerprint density at radius 1 is 1.33 bits per heavy atom. The van der Waals surface area contributed by atoms with E-state index in [9.17, 15) is 10.1 Å². The van der Waals surface area contributed by atoms with Crippen molar-refractivity contribution < 1.29 is 9.53 Å². The number of fused-ring (bicyclic) bond motifs is 1. The summed E-state index contributed by atoms with van der Waals surface area (Å²) in [6.07, 6.45) is 7.50. The molecule has 0 amide bonds. The van der Waals surface area contributed by atoms with Crippen LogP contribution < -0.4 is 0 Å². The largest absolute Gasteiger partial charge is 0.468 e. The van der Waals surface area contributed by atoms with E-state index in [0.29, 0.717) is 10.6 Å². The number of carbonyl (C=O) groups is 1. The maximum Gasteiger partial charge on any atom is 0.316 e. The van der Waals surface area contributed by atoms with Gasteiger partial charge in [0.2, 0.25) is 0 Å². The Bertz CT molecular complexity index is 800. The van der Waals surface area contributed by atoms with Gasteiger partial charge in [-0.3, -0.25) is 9.78 Å². The van der Waals surface area contributed by atoms with Crippen molar-refractivity contribution in [3.63, 3.8) is 0 Å². The Balaban J connectivity index is 2.14. The van der Waals surface area contributed by atoms with E-state index < -0.39 is 0 Å². The molecule has 0 unspecified atom stereocenters. The Kier molecular flexibility index (Phi) is 5.11. The summed E-state index contributed by atoms with van der Waals surface area (Å²) < 4.78 is 4.69. The molecule has 5 nitrogen and oxygen atoms in total. The Hall–Kier alpha value is -2.39. The van der Waals surface area contributed by atoms with Gasteiger partial charge in [0.25, 0.3) is 0 Å². The molecule has 2 aromatic rings. The summed E-state index contributed by atoms with van der Waals surface area (Å²) >= 11 is 1.26. The smallest absolute Gasteiger partial charge is 0.316 e. The number of hydrogen-bond donors (Lipinski definition) is 0. The summed E-state index contributed by atoms with van der Waals surface area (Å²) in [5, 5.41) is 10.4. The molecule has 2 heterocycles. The van der Waals surface area contributed by atoms with Gasteiger partial charge in [-0.2, -0.15) is 5.26 Å². The van der Waals surface area contributed by atoms with Crippen molar-refractivity contribution >= 4 is 17.7 Å². The number of pyridine rings is 2. The molecular weight excluding hydrogens is 322 g/mol. The van der Waals surface area contributed by atoms with Crippen LogP contribution in [0.2, 0.25) is 0 Å². The lowest BCUT2D eigenvalue weighted by molar-refractivity contribution is -0.137. The standard InChI is InChI=1S/C18H17N3O2S/c1-23-16(22)11-24-18-14(10-19)17(12-6-8-20-9-7-12)13-4-2-3-5-15(13)21-18/h6-9H,2-5,11H2,1H3. The van der Waals surface area contributed by atoms with Crippen molar-refractivity contribution in [1.29, 1.82) is 5.26 Å². The lowest BCUT2D eigenvalue weighted by Crippen LogP contribution is -2.11. The minimum Gasteiger partial charge on any atom is -0.468 e. The number of rotatable bonds is 4. The molecule has 0 radical (unpaired) electrons. The van der Waals surface area contributed by atoms with E-state index in [-0.39, 0.29) is 11.7 Å². The Labute approximate surface area is 145 Å². The van der Waals surface area contributed by atoms with E-state index in [0.717, 1.165) is 48.1 Å². The highest BCUT2D eigenvalue weighted by molar-refractivity contribution is 7.99. The van der Waals surface area contributed by atoms with Gasteiger partial charge in [0.1, 0.15) is 11.1 Å². The van der Waals surface area contributed by atoms with Crippen LogP contribution in [0.3, 0.4) is 0 Å². The summed E-state index contributed by atoms with van der Waals surface area (Å²) in [5.74, 6) is -0.180. The second-order valence-electron chi connectivity index (χ2n) is 5.51. The number of aromatic nitrogens is 2. The number of hydrogen-bond acceptors (Lipinski definition) is 6. The number of nitrogens with zero attached hydrogens (tertiary/aromatic N) is 3. The van der Waals surface area contributed by atoms with Crippen molar-refractivity contribution in [2.45, 2.75) is 30.7 Å². The summed E-state index contributed by atoms with van der Waals surface area (Å²) in [7, 11) is 1.36. The second kappa shape index (κ2) is 7.45. The van der Waals surface area contributed by atoms with Crippen molar-refractivity contribution in [2.75, 3.05) is 12.9 Å². The first kappa shape index (κ1) is 16.5. The van der Waals surface area contributed by atoms with Crippen molar-refractivity contribution in [1.82, 2.24) is 9.97 Å². The summed E-state index contributed by atoms with van der Waals surface area (Å²) in [6, 6.07) is 6.13. The number of nitriles is 1. The van der Waals surface area contributed by atoms with E-state index in [1.165, 1.54) is 18.9 Å². The molecule has 0 spiro atoms. The Morgan fingerprint density at radius 3 is 2.79 bits per heavy atom. The van der Waals surface area contributed by atoms with E-state index in [2.05, 4.69) is 11.1 Å². The molecule has 0 bridgehead atoms. The van der Waals surface area contributed by atoms with Gasteiger partial charge < -0.3 is 4.74 Å². The third-order valence-corrected chi connectivity index (χ3v) is 5.02. The van der Waals surface area contributed by atoms with Crippen LogP contribution in [0.15, 0.2) is 29.6 Å². The molecule has 0 aliphatic heterocycles. The van der Waals surface area contributed by atoms with E-state index in [1.54, 1.807) is 12.4 Å². The molecule has 24 heavy (non-hydrogen) atoms. The predicted molar refractivity (Wildman–Crippen MR) is 91.6 cm³/mol. The van der Waals surface area contributed by atoms with Crippen molar-refractivity contribution in [3.8, 4) is 17.2 Å². The summed E-state index contributed by atoms with van der Waals surface area (Å²) in [6.45, 7) is 0. The quantitative estimate of drug-likeness (QED) is 0.629. The molecule has 2 aromatic heterocycles. The van der Waals surface area contributed by atoms with Crippen LogP contribution in [0.4, 0.5) is 0 Å². The van der Waals surface area contributed by atoms with E-state index >= 15 is 0 Å². The molecule has 0 saturated heterocycles. The number of thioether (sulfide) groups is 1. The minimum atomic E-state index is -0.325. The first-order chi connectivity index (χ1) is 11.7. The van der Waals surface area contributed by atoms with Crippen molar-refractivity contribution in [3.05, 3.63) is 41.3 Å². The molecule has 1 aliphatic rings. The molecule has 3 rings (SSSR count). The zero-order chi connectivity index (χ0) is 16.9. The highest BCUT2D eigenvalue weighted by atomic mass is 32.2. The highest BCUT2D eigenvalue weighted by Crippen LogP contribution is 2.37. The lowest BCUT2D eigenvalue weighted by Gasteiger charge is -2.21. The minimum absolute atomic E-state index is 0.146. The normalized spacial score (nSPS) is 13.0. The number of esters is 1. The van der Waals surface area contributed by atoms with E-state index in [4.69, 9.17) is 9.72 Å². The Morgan fingerprint density at radius 2 is 2.08 bits per heavy atom. The molecule has 1 aliphatic carbocycles. The fraction of sp³-hybridized carbons (Fsp3) is 0.333. The van der Waals surface area contributed by atoms with Gasteiger partial charge in [0.15, 0.2) is 0 Å². The summed E-state index contributed by atoms with van der Waals surface area (Å²) in [4.78, 5) is 20.2. The predicted octanol–water partition coefficient (Wildman–Crippen LogP) is 3.16. The van der Waals surface area contributed by atoms with Gasteiger partial charge in [0, 0.05) is 23.7 Å². The van der Waals surface area contributed by atoms with Crippen LogP contribution in [0.5, 0.6) is 0 Å². The average molecular weight is 339 g/mol. The van der Waals surface area contributed by atoms with Gasteiger partial charge >= 0.3 is 5.97 Å². The zero-order valence-corrected chi connectivity index (χ0v) is 14.2. The third-order valence-electron chi connectivity index (χ3n) is 4.08. The van der Waals surface area contributed by atoms with Crippen LogP contribution in [-0.4, -0.2) is 28.8 Å². The SMILES string of the molecule is COC(=O)CSc1nc2c(c(-c3ccncc3)c1C#N)CCCC2. The first-order valence-electron chi connectivity index (χ1n) is 7.80.